The molecular formula is C15H8BrCl2NS. The molecule has 5 heteroatoms. The summed E-state index contributed by atoms with van der Waals surface area (Å²) in [7, 11) is 0. The van der Waals surface area contributed by atoms with E-state index in [-0.39, 0.29) is 0 Å². The van der Waals surface area contributed by atoms with E-state index in [9.17, 15) is 0 Å². The summed E-state index contributed by atoms with van der Waals surface area (Å²) < 4.78 is 1.05. The molecule has 0 bridgehead atoms. The first-order chi connectivity index (χ1) is 9.63. The molecule has 0 fully saturated rings. The minimum absolute atomic E-state index is 0.616. The number of rotatable bonds is 2. The molecule has 0 spiro atoms. The van der Waals surface area contributed by atoms with Crippen molar-refractivity contribution in [3.8, 4) is 21.8 Å². The van der Waals surface area contributed by atoms with Gasteiger partial charge in [0.05, 0.1) is 10.7 Å². The van der Waals surface area contributed by atoms with Crippen LogP contribution in [0.1, 0.15) is 0 Å². The van der Waals surface area contributed by atoms with Crippen LogP contribution in [0.4, 0.5) is 0 Å². The number of aromatic nitrogens is 1. The van der Waals surface area contributed by atoms with Gasteiger partial charge in [0.25, 0.3) is 0 Å². The van der Waals surface area contributed by atoms with Crippen molar-refractivity contribution >= 4 is 50.5 Å². The molecule has 1 nitrogen and oxygen atoms in total. The number of hydrogen-bond donors (Lipinski definition) is 0. The molecule has 0 aliphatic heterocycles. The van der Waals surface area contributed by atoms with Crippen molar-refractivity contribution in [3.05, 3.63) is 62.4 Å². The van der Waals surface area contributed by atoms with Crippen molar-refractivity contribution in [1.82, 2.24) is 4.98 Å². The minimum Gasteiger partial charge on any atom is -0.236 e. The Bertz CT molecular complexity index is 753. The molecule has 0 saturated heterocycles. The summed E-state index contributed by atoms with van der Waals surface area (Å²) in [4.78, 5) is 4.65. The second kappa shape index (κ2) is 5.86. The number of nitrogens with zero attached hydrogens (tertiary/aromatic N) is 1. The van der Waals surface area contributed by atoms with E-state index >= 15 is 0 Å². The van der Waals surface area contributed by atoms with E-state index < -0.39 is 0 Å². The molecule has 0 saturated carbocycles. The lowest BCUT2D eigenvalue weighted by atomic mass is 10.2. The quantitative estimate of drug-likeness (QED) is 0.488. The largest absolute Gasteiger partial charge is 0.236 e. The van der Waals surface area contributed by atoms with E-state index in [2.05, 4.69) is 20.9 Å². The van der Waals surface area contributed by atoms with Gasteiger partial charge in [-0.2, -0.15) is 0 Å². The van der Waals surface area contributed by atoms with E-state index in [1.165, 1.54) is 0 Å². The van der Waals surface area contributed by atoms with Crippen LogP contribution in [0.5, 0.6) is 0 Å². The van der Waals surface area contributed by atoms with Crippen LogP contribution in [-0.4, -0.2) is 4.98 Å². The molecule has 0 radical (unpaired) electrons. The van der Waals surface area contributed by atoms with E-state index in [0.29, 0.717) is 10.0 Å². The summed E-state index contributed by atoms with van der Waals surface area (Å²) in [5.74, 6) is 0. The van der Waals surface area contributed by atoms with Gasteiger partial charge in [-0.25, -0.2) is 4.98 Å². The van der Waals surface area contributed by atoms with Crippen LogP contribution in [0.15, 0.2) is 52.3 Å². The van der Waals surface area contributed by atoms with Crippen LogP contribution in [0.25, 0.3) is 21.8 Å². The van der Waals surface area contributed by atoms with E-state index in [1.807, 2.05) is 41.8 Å². The van der Waals surface area contributed by atoms with Gasteiger partial charge in [-0.3, -0.25) is 0 Å². The van der Waals surface area contributed by atoms with Gasteiger partial charge in [-0.1, -0.05) is 51.3 Å². The molecule has 0 unspecified atom stereocenters. The Hall–Kier alpha value is -0.870. The minimum atomic E-state index is 0.616. The Kier molecular flexibility index (Phi) is 4.13. The van der Waals surface area contributed by atoms with Crippen molar-refractivity contribution in [2.45, 2.75) is 0 Å². The summed E-state index contributed by atoms with van der Waals surface area (Å²) in [5, 5.41) is 4.22. The molecule has 0 atom stereocenters. The molecule has 20 heavy (non-hydrogen) atoms. The van der Waals surface area contributed by atoms with Crippen molar-refractivity contribution in [3.63, 3.8) is 0 Å². The third-order valence-corrected chi connectivity index (χ3v) is 4.77. The summed E-state index contributed by atoms with van der Waals surface area (Å²) in [5.41, 5.74) is 2.86. The fourth-order valence-corrected chi connectivity index (χ4v) is 3.42. The maximum Gasteiger partial charge on any atom is 0.124 e. The molecule has 1 aromatic heterocycles. The van der Waals surface area contributed by atoms with Gasteiger partial charge in [0, 0.05) is 26.0 Å². The zero-order valence-corrected chi connectivity index (χ0v) is 14.0. The highest BCUT2D eigenvalue weighted by molar-refractivity contribution is 9.10. The first-order valence-corrected chi connectivity index (χ1v) is 8.23. The van der Waals surface area contributed by atoms with Gasteiger partial charge in [0.15, 0.2) is 0 Å². The van der Waals surface area contributed by atoms with Crippen molar-refractivity contribution < 1.29 is 0 Å². The molecular weight excluding hydrogens is 377 g/mol. The van der Waals surface area contributed by atoms with Gasteiger partial charge >= 0.3 is 0 Å². The van der Waals surface area contributed by atoms with E-state index in [1.54, 1.807) is 17.4 Å². The molecule has 100 valence electrons. The molecule has 3 aromatic rings. The van der Waals surface area contributed by atoms with Gasteiger partial charge in [-0.15, -0.1) is 11.3 Å². The average molecular weight is 385 g/mol. The van der Waals surface area contributed by atoms with Crippen LogP contribution in [0.2, 0.25) is 10.0 Å². The summed E-state index contributed by atoms with van der Waals surface area (Å²) in [6, 6.07) is 13.5. The van der Waals surface area contributed by atoms with Crippen molar-refractivity contribution in [2.24, 2.45) is 0 Å². The van der Waals surface area contributed by atoms with Gasteiger partial charge in [0.1, 0.15) is 5.01 Å². The summed E-state index contributed by atoms with van der Waals surface area (Å²) in [6.45, 7) is 0. The normalized spacial score (nSPS) is 10.8. The van der Waals surface area contributed by atoms with Gasteiger partial charge in [-0.05, 0) is 30.3 Å². The Balaban J connectivity index is 1.99. The zero-order valence-electron chi connectivity index (χ0n) is 10.1. The predicted octanol–water partition coefficient (Wildman–Crippen LogP) is 6.55. The number of benzene rings is 2. The number of halogens is 3. The van der Waals surface area contributed by atoms with Crippen molar-refractivity contribution in [1.29, 1.82) is 0 Å². The van der Waals surface area contributed by atoms with Crippen LogP contribution in [0.3, 0.4) is 0 Å². The molecule has 1 heterocycles. The molecule has 0 amide bonds. The average Bonchev–Trinajstić information content (AvgIpc) is 2.89. The standard InChI is InChI=1S/C15H8BrCl2NS/c16-10-3-1-9(2-4-10)15-19-14(8-20-15)12-6-5-11(17)7-13(12)18/h1-8H. The lowest BCUT2D eigenvalue weighted by Gasteiger charge is -2.01. The van der Waals surface area contributed by atoms with Gasteiger partial charge in [0.2, 0.25) is 0 Å². The molecule has 0 N–H and O–H groups in total. The Morgan fingerprint density at radius 3 is 2.45 bits per heavy atom. The van der Waals surface area contributed by atoms with E-state index in [0.717, 1.165) is 26.3 Å². The highest BCUT2D eigenvalue weighted by Crippen LogP contribution is 2.34. The highest BCUT2D eigenvalue weighted by atomic mass is 79.9. The van der Waals surface area contributed by atoms with Crippen molar-refractivity contribution in [2.75, 3.05) is 0 Å². The Morgan fingerprint density at radius 2 is 1.75 bits per heavy atom. The Morgan fingerprint density at radius 1 is 1.00 bits per heavy atom. The molecule has 0 aliphatic carbocycles. The van der Waals surface area contributed by atoms with E-state index in [4.69, 9.17) is 23.2 Å². The third kappa shape index (κ3) is 2.91. The fraction of sp³-hybridized carbons (Fsp3) is 0. The van der Waals surface area contributed by atoms with Crippen LogP contribution in [-0.2, 0) is 0 Å². The lowest BCUT2D eigenvalue weighted by molar-refractivity contribution is 1.40. The Labute approximate surface area is 139 Å². The van der Waals surface area contributed by atoms with Crippen LogP contribution >= 0.6 is 50.5 Å². The topological polar surface area (TPSA) is 12.9 Å². The summed E-state index contributed by atoms with van der Waals surface area (Å²) in [6.07, 6.45) is 0. The number of hydrogen-bond acceptors (Lipinski definition) is 2. The highest BCUT2D eigenvalue weighted by Gasteiger charge is 2.10. The first kappa shape index (κ1) is 14.1. The van der Waals surface area contributed by atoms with Crippen LogP contribution in [0, 0.1) is 0 Å². The smallest absolute Gasteiger partial charge is 0.124 e. The second-order valence-corrected chi connectivity index (χ2v) is 6.79. The summed E-state index contributed by atoms with van der Waals surface area (Å²) >= 11 is 17.2. The van der Waals surface area contributed by atoms with Gasteiger partial charge < -0.3 is 0 Å². The van der Waals surface area contributed by atoms with Crippen LogP contribution < -0.4 is 0 Å². The predicted molar refractivity (Wildman–Crippen MR) is 90.7 cm³/mol. The number of thiazole rings is 1. The second-order valence-electron chi connectivity index (χ2n) is 4.17. The molecule has 0 aliphatic rings. The molecule has 3 rings (SSSR count). The first-order valence-electron chi connectivity index (χ1n) is 5.80. The zero-order chi connectivity index (χ0) is 14.1. The monoisotopic (exact) mass is 383 g/mol. The maximum atomic E-state index is 6.21. The lowest BCUT2D eigenvalue weighted by Crippen LogP contribution is -1.81. The third-order valence-electron chi connectivity index (χ3n) is 2.80. The fourth-order valence-electron chi connectivity index (χ4n) is 1.82. The SMILES string of the molecule is Clc1ccc(-c2csc(-c3ccc(Br)cc3)n2)c(Cl)c1. The molecule has 2 aromatic carbocycles. The maximum absolute atomic E-state index is 6.21.